The van der Waals surface area contributed by atoms with E-state index < -0.39 is 6.10 Å². The van der Waals surface area contributed by atoms with Crippen molar-refractivity contribution in [1.29, 1.82) is 5.26 Å². The van der Waals surface area contributed by atoms with Crippen LogP contribution < -0.4 is 0 Å². The predicted molar refractivity (Wildman–Crippen MR) is 65.8 cm³/mol. The molecule has 2 aromatic rings. The fourth-order valence-corrected chi connectivity index (χ4v) is 3.00. The smallest absolute Gasteiger partial charge is 0.174 e. The van der Waals surface area contributed by atoms with E-state index in [0.717, 1.165) is 14.8 Å². The van der Waals surface area contributed by atoms with E-state index in [0.29, 0.717) is 5.56 Å². The van der Waals surface area contributed by atoms with Crippen LogP contribution in [0.1, 0.15) is 24.2 Å². The van der Waals surface area contributed by atoms with E-state index in [4.69, 9.17) is 5.26 Å². The minimum atomic E-state index is -0.571. The molecule has 0 amide bonds. The highest BCUT2D eigenvalue weighted by atomic mass is 32.2. The Morgan fingerprint density at radius 1 is 1.53 bits per heavy atom. The average Bonchev–Trinajstić information content (AvgIpc) is 2.81. The lowest BCUT2D eigenvalue weighted by molar-refractivity contribution is 0.196. The first-order valence-electron chi connectivity index (χ1n) is 4.87. The molecule has 0 unspecified atom stereocenters. The van der Waals surface area contributed by atoms with Crippen LogP contribution in [0.2, 0.25) is 0 Å². The van der Waals surface area contributed by atoms with E-state index in [1.54, 1.807) is 25.1 Å². The number of hydrogen-bond donors (Lipinski definition) is 1. The molecule has 0 aliphatic rings. The Balaban J connectivity index is 2.39. The molecule has 0 spiro atoms. The molecular weight excluding hydrogens is 254 g/mol. The highest BCUT2D eigenvalue weighted by Crippen LogP contribution is 2.34. The summed E-state index contributed by atoms with van der Waals surface area (Å²) in [7, 11) is 0. The molecular formula is C11H9N3OS2. The van der Waals surface area contributed by atoms with Crippen LogP contribution in [0.3, 0.4) is 0 Å². The van der Waals surface area contributed by atoms with Crippen LogP contribution in [0.25, 0.3) is 0 Å². The van der Waals surface area contributed by atoms with Crippen molar-refractivity contribution in [2.45, 2.75) is 22.3 Å². The molecule has 17 heavy (non-hydrogen) atoms. The van der Waals surface area contributed by atoms with Crippen LogP contribution in [0.15, 0.2) is 33.8 Å². The number of nitriles is 1. The standard InChI is InChI=1S/C11H9N3OS2/c1-7(15)9-3-2-8(5-12)4-10(9)16-11-13-6-14-17-11/h2-4,6-7,15H,1H3/t7-/m0/s1. The second kappa shape index (κ2) is 5.27. The Morgan fingerprint density at radius 3 is 2.94 bits per heavy atom. The van der Waals surface area contributed by atoms with Crippen molar-refractivity contribution in [3.05, 3.63) is 35.7 Å². The van der Waals surface area contributed by atoms with Crippen molar-refractivity contribution in [3.63, 3.8) is 0 Å². The zero-order chi connectivity index (χ0) is 12.3. The molecule has 1 N–H and O–H groups in total. The van der Waals surface area contributed by atoms with Gasteiger partial charge in [-0.25, -0.2) is 4.98 Å². The van der Waals surface area contributed by atoms with Gasteiger partial charge in [0, 0.05) is 4.90 Å². The van der Waals surface area contributed by atoms with E-state index in [1.165, 1.54) is 29.6 Å². The minimum Gasteiger partial charge on any atom is -0.389 e. The molecule has 0 aliphatic heterocycles. The highest BCUT2D eigenvalue weighted by Gasteiger charge is 2.11. The molecule has 0 fully saturated rings. The van der Waals surface area contributed by atoms with Crippen LogP contribution in [0, 0.1) is 11.3 Å². The Labute approximate surface area is 107 Å². The number of aliphatic hydroxyl groups excluding tert-OH is 1. The van der Waals surface area contributed by atoms with Gasteiger partial charge >= 0.3 is 0 Å². The van der Waals surface area contributed by atoms with Gasteiger partial charge in [0.1, 0.15) is 6.33 Å². The van der Waals surface area contributed by atoms with Gasteiger partial charge in [-0.05, 0) is 36.2 Å². The fraction of sp³-hybridized carbons (Fsp3) is 0.182. The Hall–Kier alpha value is -1.42. The monoisotopic (exact) mass is 263 g/mol. The van der Waals surface area contributed by atoms with Crippen molar-refractivity contribution in [1.82, 2.24) is 9.36 Å². The van der Waals surface area contributed by atoms with Gasteiger partial charge in [-0.2, -0.15) is 9.64 Å². The molecule has 0 radical (unpaired) electrons. The van der Waals surface area contributed by atoms with Crippen molar-refractivity contribution in [3.8, 4) is 6.07 Å². The van der Waals surface area contributed by atoms with E-state index in [9.17, 15) is 5.11 Å². The summed E-state index contributed by atoms with van der Waals surface area (Å²) >= 11 is 2.70. The van der Waals surface area contributed by atoms with Gasteiger partial charge in [-0.15, -0.1) is 0 Å². The van der Waals surface area contributed by atoms with Crippen molar-refractivity contribution in [2.24, 2.45) is 0 Å². The molecule has 1 aromatic heterocycles. The number of hydrogen-bond acceptors (Lipinski definition) is 6. The third-order valence-electron chi connectivity index (χ3n) is 2.13. The predicted octanol–water partition coefficient (Wildman–Crippen LogP) is 2.61. The number of rotatable bonds is 3. The van der Waals surface area contributed by atoms with Gasteiger partial charge in [0.2, 0.25) is 0 Å². The largest absolute Gasteiger partial charge is 0.389 e. The maximum Gasteiger partial charge on any atom is 0.174 e. The summed E-state index contributed by atoms with van der Waals surface area (Å²) in [4.78, 5) is 4.92. The molecule has 6 heteroatoms. The quantitative estimate of drug-likeness (QED) is 0.921. The van der Waals surface area contributed by atoms with Crippen molar-refractivity contribution >= 4 is 23.3 Å². The third-order valence-corrected chi connectivity index (χ3v) is 3.92. The lowest BCUT2D eigenvalue weighted by Gasteiger charge is -2.10. The first-order chi connectivity index (χ1) is 8.20. The first kappa shape index (κ1) is 12.0. The zero-order valence-electron chi connectivity index (χ0n) is 8.99. The van der Waals surface area contributed by atoms with Gasteiger partial charge in [-0.1, -0.05) is 17.8 Å². The number of aromatic nitrogens is 2. The van der Waals surface area contributed by atoms with E-state index >= 15 is 0 Å². The summed E-state index contributed by atoms with van der Waals surface area (Å²) in [5.74, 6) is 0. The molecule has 0 saturated carbocycles. The Bertz CT molecular complexity index is 546. The fourth-order valence-electron chi connectivity index (χ4n) is 1.34. The second-order valence-electron chi connectivity index (χ2n) is 3.35. The summed E-state index contributed by atoms with van der Waals surface area (Å²) < 4.78 is 4.71. The molecule has 86 valence electrons. The van der Waals surface area contributed by atoms with Crippen LogP contribution >= 0.6 is 23.3 Å². The van der Waals surface area contributed by atoms with Gasteiger partial charge < -0.3 is 5.11 Å². The van der Waals surface area contributed by atoms with Gasteiger partial charge in [-0.3, -0.25) is 0 Å². The van der Waals surface area contributed by atoms with Gasteiger partial charge in [0.25, 0.3) is 0 Å². The number of aliphatic hydroxyl groups is 1. The summed E-state index contributed by atoms with van der Waals surface area (Å²) in [6.07, 6.45) is 0.918. The molecule has 0 bridgehead atoms. The van der Waals surface area contributed by atoms with Crippen LogP contribution in [0.5, 0.6) is 0 Å². The maximum absolute atomic E-state index is 9.67. The molecule has 2 rings (SSSR count). The van der Waals surface area contributed by atoms with Gasteiger partial charge in [0.05, 0.1) is 17.7 Å². The van der Waals surface area contributed by atoms with E-state index in [2.05, 4.69) is 15.4 Å². The molecule has 0 saturated heterocycles. The molecule has 1 aromatic carbocycles. The summed E-state index contributed by atoms with van der Waals surface area (Å²) in [5, 5.41) is 18.5. The molecule has 4 nitrogen and oxygen atoms in total. The topological polar surface area (TPSA) is 69.8 Å². The first-order valence-corrected chi connectivity index (χ1v) is 6.46. The summed E-state index contributed by atoms with van der Waals surface area (Å²) in [5.41, 5.74) is 1.37. The lowest BCUT2D eigenvalue weighted by Crippen LogP contribution is -1.94. The highest BCUT2D eigenvalue weighted by molar-refractivity contribution is 8.01. The third kappa shape index (κ3) is 2.82. The maximum atomic E-state index is 9.67. The average molecular weight is 263 g/mol. The van der Waals surface area contributed by atoms with Crippen LogP contribution in [0.4, 0.5) is 0 Å². The Morgan fingerprint density at radius 2 is 2.35 bits per heavy atom. The van der Waals surface area contributed by atoms with Crippen LogP contribution in [-0.4, -0.2) is 14.5 Å². The van der Waals surface area contributed by atoms with Crippen LogP contribution in [-0.2, 0) is 0 Å². The van der Waals surface area contributed by atoms with Crippen molar-refractivity contribution in [2.75, 3.05) is 0 Å². The van der Waals surface area contributed by atoms with Crippen molar-refractivity contribution < 1.29 is 5.11 Å². The molecule has 1 heterocycles. The Kier molecular flexibility index (Phi) is 3.74. The lowest BCUT2D eigenvalue weighted by atomic mass is 10.1. The van der Waals surface area contributed by atoms with Gasteiger partial charge in [0.15, 0.2) is 4.34 Å². The van der Waals surface area contributed by atoms with E-state index in [1.807, 2.05) is 0 Å². The zero-order valence-corrected chi connectivity index (χ0v) is 10.6. The van der Waals surface area contributed by atoms with E-state index in [-0.39, 0.29) is 0 Å². The SMILES string of the molecule is C[C@H](O)c1ccc(C#N)cc1Sc1ncns1. The summed E-state index contributed by atoms with van der Waals surface area (Å²) in [6, 6.07) is 7.31. The minimum absolute atomic E-state index is 0.571. The number of nitrogens with zero attached hydrogens (tertiary/aromatic N) is 3. The molecule has 1 atom stereocenters. The molecule has 0 aliphatic carbocycles. The summed E-state index contributed by atoms with van der Waals surface area (Å²) in [6.45, 7) is 1.70. The number of benzene rings is 1. The second-order valence-corrected chi connectivity index (χ2v) is 5.42. The normalized spacial score (nSPS) is 12.1.